The van der Waals surface area contributed by atoms with E-state index in [1.807, 2.05) is 0 Å². The van der Waals surface area contributed by atoms with Crippen molar-refractivity contribution in [1.82, 2.24) is 4.90 Å². The lowest BCUT2D eigenvalue weighted by Gasteiger charge is -2.33. The summed E-state index contributed by atoms with van der Waals surface area (Å²) in [5, 5.41) is 4.82. The number of methoxy groups -OCH3 is 4. The normalized spacial score (nSPS) is 18.6. The summed E-state index contributed by atoms with van der Waals surface area (Å²) in [6.45, 7) is 2.17. The molecule has 5 nitrogen and oxygen atoms in total. The van der Waals surface area contributed by atoms with Gasteiger partial charge in [-0.05, 0) is 82.7 Å². The van der Waals surface area contributed by atoms with Crippen molar-refractivity contribution in [2.24, 2.45) is 0 Å². The molecule has 3 aromatic rings. The van der Waals surface area contributed by atoms with Crippen LogP contribution in [0.15, 0.2) is 24.3 Å². The van der Waals surface area contributed by atoms with E-state index in [1.54, 1.807) is 28.4 Å². The highest BCUT2D eigenvalue weighted by atomic mass is 16.5. The summed E-state index contributed by atoms with van der Waals surface area (Å²) >= 11 is 0. The fraction of sp³-hybridized carbons (Fsp3) is 0.417. The van der Waals surface area contributed by atoms with Crippen LogP contribution >= 0.6 is 0 Å². The van der Waals surface area contributed by atoms with Crippen LogP contribution in [0.4, 0.5) is 0 Å². The Morgan fingerprint density at radius 1 is 0.690 bits per heavy atom. The number of fused-ring (bicyclic) bond motifs is 7. The van der Waals surface area contributed by atoms with Gasteiger partial charge in [0.15, 0.2) is 23.0 Å². The van der Waals surface area contributed by atoms with Crippen molar-refractivity contribution in [1.29, 1.82) is 0 Å². The molecule has 2 heterocycles. The molecule has 1 fully saturated rings. The summed E-state index contributed by atoms with van der Waals surface area (Å²) in [5.74, 6) is 3.03. The molecule has 2 aliphatic heterocycles. The monoisotopic (exact) mass is 393 g/mol. The van der Waals surface area contributed by atoms with Crippen molar-refractivity contribution >= 4 is 21.5 Å². The molecule has 5 heteroatoms. The fourth-order valence-corrected chi connectivity index (χ4v) is 5.22. The van der Waals surface area contributed by atoms with E-state index in [-0.39, 0.29) is 0 Å². The molecule has 0 N–H and O–H groups in total. The van der Waals surface area contributed by atoms with Crippen molar-refractivity contribution in [3.8, 4) is 23.0 Å². The van der Waals surface area contributed by atoms with Crippen LogP contribution in [0.5, 0.6) is 23.0 Å². The lowest BCUT2D eigenvalue weighted by Crippen LogP contribution is -2.35. The van der Waals surface area contributed by atoms with Crippen LogP contribution < -0.4 is 18.9 Å². The molecule has 0 radical (unpaired) electrons. The first kappa shape index (κ1) is 18.4. The van der Waals surface area contributed by atoms with Gasteiger partial charge in [-0.3, -0.25) is 4.90 Å². The maximum Gasteiger partial charge on any atom is 0.161 e. The van der Waals surface area contributed by atoms with E-state index in [0.29, 0.717) is 6.04 Å². The Morgan fingerprint density at radius 2 is 1.17 bits per heavy atom. The Hall–Kier alpha value is -2.66. The van der Waals surface area contributed by atoms with Crippen molar-refractivity contribution in [3.63, 3.8) is 0 Å². The molecular formula is C24H27NO4. The number of benzene rings is 3. The fourth-order valence-electron chi connectivity index (χ4n) is 5.22. The smallest absolute Gasteiger partial charge is 0.161 e. The Labute approximate surface area is 171 Å². The van der Waals surface area contributed by atoms with E-state index in [2.05, 4.69) is 29.2 Å². The average molecular weight is 393 g/mol. The summed E-state index contributed by atoms with van der Waals surface area (Å²) in [6.07, 6.45) is 3.63. The maximum atomic E-state index is 5.64. The van der Waals surface area contributed by atoms with Gasteiger partial charge in [0.1, 0.15) is 0 Å². The Morgan fingerprint density at radius 3 is 1.69 bits per heavy atom. The summed E-state index contributed by atoms with van der Waals surface area (Å²) in [7, 11) is 6.76. The lowest BCUT2D eigenvalue weighted by atomic mass is 9.85. The topological polar surface area (TPSA) is 40.2 Å². The Kier molecular flexibility index (Phi) is 4.43. The molecule has 5 rings (SSSR count). The Bertz CT molecular complexity index is 1020. The zero-order chi connectivity index (χ0) is 20.1. The first-order chi connectivity index (χ1) is 14.2. The SMILES string of the molecule is COc1cc2c3c(c4cc(OC)c(OC)cc4c2cc1OC)CN1CCC[C@@H]1C3. The first-order valence-corrected chi connectivity index (χ1v) is 10.2. The molecule has 0 aromatic heterocycles. The van der Waals surface area contributed by atoms with Crippen LogP contribution in [0.1, 0.15) is 24.0 Å². The highest BCUT2D eigenvalue weighted by Gasteiger charge is 2.32. The van der Waals surface area contributed by atoms with Crippen LogP contribution in [-0.4, -0.2) is 45.9 Å². The third-order valence-corrected chi connectivity index (χ3v) is 6.65. The van der Waals surface area contributed by atoms with E-state index in [9.17, 15) is 0 Å². The standard InChI is InChI=1S/C24H27NO4/c1-26-21-9-16-15-8-14-6-5-7-25(14)13-20(15)19-12-24(29-4)23(28-3)11-18(19)17(16)10-22(21)27-2/h9-12,14H,5-8,13H2,1-4H3/t14-/m1/s1. The van der Waals surface area contributed by atoms with Gasteiger partial charge < -0.3 is 18.9 Å². The van der Waals surface area contributed by atoms with Gasteiger partial charge in [-0.1, -0.05) is 0 Å². The van der Waals surface area contributed by atoms with Crippen LogP contribution in [0.3, 0.4) is 0 Å². The third kappa shape index (κ3) is 2.71. The maximum absolute atomic E-state index is 5.64. The summed E-state index contributed by atoms with van der Waals surface area (Å²) in [6, 6.07) is 9.12. The molecule has 0 unspecified atom stereocenters. The van der Waals surface area contributed by atoms with Crippen molar-refractivity contribution in [2.75, 3.05) is 35.0 Å². The number of ether oxygens (including phenoxy) is 4. The van der Waals surface area contributed by atoms with Crippen molar-refractivity contribution in [2.45, 2.75) is 31.8 Å². The number of hydrogen-bond acceptors (Lipinski definition) is 5. The molecule has 0 bridgehead atoms. The highest BCUT2D eigenvalue weighted by Crippen LogP contribution is 2.46. The second kappa shape index (κ2) is 6.99. The van der Waals surface area contributed by atoms with Crippen LogP contribution in [0.25, 0.3) is 21.5 Å². The molecule has 1 saturated heterocycles. The molecule has 0 aliphatic carbocycles. The van der Waals surface area contributed by atoms with E-state index < -0.39 is 0 Å². The van der Waals surface area contributed by atoms with E-state index in [1.165, 1.54) is 46.7 Å². The number of hydrogen-bond donors (Lipinski definition) is 0. The molecule has 0 amide bonds. The van der Waals surface area contributed by atoms with Crippen molar-refractivity contribution < 1.29 is 18.9 Å². The molecule has 3 aromatic carbocycles. The first-order valence-electron chi connectivity index (χ1n) is 10.2. The largest absolute Gasteiger partial charge is 0.493 e. The Balaban J connectivity index is 1.90. The van der Waals surface area contributed by atoms with Crippen LogP contribution in [0, 0.1) is 0 Å². The molecule has 0 saturated carbocycles. The van der Waals surface area contributed by atoms with E-state index >= 15 is 0 Å². The highest BCUT2D eigenvalue weighted by molar-refractivity contribution is 6.12. The second-order valence-electron chi connectivity index (χ2n) is 7.93. The molecule has 152 valence electrons. The summed E-state index contributed by atoms with van der Waals surface area (Å²) in [4.78, 5) is 2.63. The molecular weight excluding hydrogens is 366 g/mol. The zero-order valence-electron chi connectivity index (χ0n) is 17.5. The summed E-state index contributed by atoms with van der Waals surface area (Å²) in [5.41, 5.74) is 2.84. The van der Waals surface area contributed by atoms with Gasteiger partial charge in [0, 0.05) is 12.6 Å². The van der Waals surface area contributed by atoms with Gasteiger partial charge in [0.25, 0.3) is 0 Å². The van der Waals surface area contributed by atoms with Gasteiger partial charge in [-0.25, -0.2) is 0 Å². The van der Waals surface area contributed by atoms with Crippen LogP contribution in [0.2, 0.25) is 0 Å². The zero-order valence-corrected chi connectivity index (χ0v) is 17.5. The number of rotatable bonds is 4. The minimum atomic E-state index is 0.636. The minimum absolute atomic E-state index is 0.636. The summed E-state index contributed by atoms with van der Waals surface area (Å²) < 4.78 is 22.5. The van der Waals surface area contributed by atoms with Gasteiger partial charge in [-0.15, -0.1) is 0 Å². The predicted molar refractivity (Wildman–Crippen MR) is 115 cm³/mol. The average Bonchev–Trinajstić information content (AvgIpc) is 3.23. The lowest BCUT2D eigenvalue weighted by molar-refractivity contribution is 0.229. The third-order valence-electron chi connectivity index (χ3n) is 6.65. The van der Waals surface area contributed by atoms with Gasteiger partial charge in [0.05, 0.1) is 28.4 Å². The molecule has 29 heavy (non-hydrogen) atoms. The second-order valence-corrected chi connectivity index (χ2v) is 7.93. The van der Waals surface area contributed by atoms with E-state index in [4.69, 9.17) is 18.9 Å². The molecule has 1 atom stereocenters. The van der Waals surface area contributed by atoms with Crippen molar-refractivity contribution in [3.05, 3.63) is 35.4 Å². The molecule has 2 aliphatic rings. The predicted octanol–water partition coefficient (Wildman–Crippen LogP) is 4.55. The number of nitrogens with zero attached hydrogens (tertiary/aromatic N) is 1. The van der Waals surface area contributed by atoms with Gasteiger partial charge in [0.2, 0.25) is 0 Å². The van der Waals surface area contributed by atoms with Crippen LogP contribution in [-0.2, 0) is 13.0 Å². The van der Waals surface area contributed by atoms with Gasteiger partial charge >= 0.3 is 0 Å². The minimum Gasteiger partial charge on any atom is -0.493 e. The van der Waals surface area contributed by atoms with Gasteiger partial charge in [-0.2, -0.15) is 0 Å². The quantitative estimate of drug-likeness (QED) is 0.608. The molecule has 0 spiro atoms. The van der Waals surface area contributed by atoms with E-state index in [0.717, 1.165) is 41.3 Å².